The topological polar surface area (TPSA) is 42.4 Å². The SMILES string of the molecule is c1ccc(-c2nc3cc4c(cc3o2)oc2ccc(-c3ccc(N(c5ccccc5)c5ccc(-c6cccc7c6sc6ccccc67)cc5)cc3)cc24)cc1. The van der Waals surface area contributed by atoms with Gasteiger partial charge < -0.3 is 13.7 Å². The van der Waals surface area contributed by atoms with Crippen LogP contribution in [0.4, 0.5) is 17.1 Å². The van der Waals surface area contributed by atoms with E-state index in [0.717, 1.165) is 61.2 Å². The maximum atomic E-state index is 6.29. The number of rotatable bonds is 6. The van der Waals surface area contributed by atoms with Crippen molar-refractivity contribution in [3.8, 4) is 33.7 Å². The van der Waals surface area contributed by atoms with Gasteiger partial charge in [-0.25, -0.2) is 4.98 Å². The quantitative estimate of drug-likeness (QED) is 0.172. The molecule has 0 spiro atoms. The van der Waals surface area contributed by atoms with Crippen LogP contribution in [0.5, 0.6) is 0 Å². The highest BCUT2D eigenvalue weighted by Crippen LogP contribution is 2.42. The molecule has 0 unspecified atom stereocenters. The van der Waals surface area contributed by atoms with Crippen molar-refractivity contribution in [2.45, 2.75) is 0 Å². The second-order valence-electron chi connectivity index (χ2n) is 13.6. The Morgan fingerprint density at radius 2 is 1.06 bits per heavy atom. The van der Waals surface area contributed by atoms with Crippen molar-refractivity contribution in [3.05, 3.63) is 182 Å². The van der Waals surface area contributed by atoms with E-state index < -0.39 is 0 Å². The standard InChI is InChI=1S/C49H30N2O2S/c1-3-10-33(11-4-1)49-50-43-29-42-41-28-34(22-27-44(41)52-45(42)30-46(43)53-49)31-18-23-36(24-19-31)51(35-12-5-2-6-13-35)37-25-20-32(21-26-37)38-15-9-16-40-39-14-7-8-17-47(39)54-48(38)40/h1-30H. The summed E-state index contributed by atoms with van der Waals surface area (Å²) in [4.78, 5) is 7.12. The Morgan fingerprint density at radius 3 is 1.85 bits per heavy atom. The van der Waals surface area contributed by atoms with E-state index in [1.807, 2.05) is 47.7 Å². The van der Waals surface area contributed by atoms with Crippen LogP contribution in [0, 0.1) is 0 Å². The Kier molecular flexibility index (Phi) is 7.00. The van der Waals surface area contributed by atoms with Crippen molar-refractivity contribution in [2.24, 2.45) is 0 Å². The molecule has 8 aromatic carbocycles. The minimum Gasteiger partial charge on any atom is -0.456 e. The van der Waals surface area contributed by atoms with E-state index in [2.05, 4.69) is 150 Å². The molecule has 0 fully saturated rings. The van der Waals surface area contributed by atoms with Crippen molar-refractivity contribution in [1.29, 1.82) is 0 Å². The Labute approximate surface area is 314 Å². The molecular formula is C49H30N2O2S. The Hall–Kier alpha value is -6.95. The van der Waals surface area contributed by atoms with E-state index in [9.17, 15) is 0 Å². The van der Waals surface area contributed by atoms with Crippen LogP contribution in [0.2, 0.25) is 0 Å². The molecule has 0 saturated carbocycles. The third kappa shape index (κ3) is 5.09. The number of benzene rings is 8. The molecule has 0 aliphatic carbocycles. The molecule has 0 radical (unpaired) electrons. The fourth-order valence-electron chi connectivity index (χ4n) is 7.67. The largest absolute Gasteiger partial charge is 0.456 e. The highest BCUT2D eigenvalue weighted by atomic mass is 32.1. The predicted octanol–water partition coefficient (Wildman–Crippen LogP) is 14.6. The van der Waals surface area contributed by atoms with E-state index in [4.69, 9.17) is 13.8 Å². The Balaban J connectivity index is 0.938. The summed E-state index contributed by atoms with van der Waals surface area (Å²) in [6.07, 6.45) is 0. The van der Waals surface area contributed by atoms with Gasteiger partial charge in [0.1, 0.15) is 16.7 Å². The molecule has 0 aliphatic heterocycles. The second kappa shape index (κ2) is 12.3. The smallest absolute Gasteiger partial charge is 0.227 e. The monoisotopic (exact) mass is 710 g/mol. The van der Waals surface area contributed by atoms with Crippen LogP contribution in [0.1, 0.15) is 0 Å². The Morgan fingerprint density at radius 1 is 0.407 bits per heavy atom. The number of hydrogen-bond donors (Lipinski definition) is 0. The number of furan rings is 1. The summed E-state index contributed by atoms with van der Waals surface area (Å²) >= 11 is 1.87. The van der Waals surface area contributed by atoms with Crippen LogP contribution in [0.15, 0.2) is 191 Å². The summed E-state index contributed by atoms with van der Waals surface area (Å²) < 4.78 is 15.1. The van der Waals surface area contributed by atoms with E-state index in [-0.39, 0.29) is 0 Å². The summed E-state index contributed by atoms with van der Waals surface area (Å²) in [5, 5.41) is 4.70. The first kappa shape index (κ1) is 30.7. The maximum Gasteiger partial charge on any atom is 0.227 e. The molecule has 11 aromatic rings. The van der Waals surface area contributed by atoms with Gasteiger partial charge in [-0.3, -0.25) is 0 Å². The zero-order valence-electron chi connectivity index (χ0n) is 28.9. The average molecular weight is 711 g/mol. The zero-order valence-corrected chi connectivity index (χ0v) is 29.8. The maximum absolute atomic E-state index is 6.29. The first-order chi connectivity index (χ1) is 26.7. The molecule has 254 valence electrons. The van der Waals surface area contributed by atoms with Crippen LogP contribution in [-0.4, -0.2) is 4.98 Å². The minimum atomic E-state index is 0.605. The fourth-order valence-corrected chi connectivity index (χ4v) is 8.91. The molecule has 0 amide bonds. The lowest BCUT2D eigenvalue weighted by molar-refractivity contribution is 0.617. The molecule has 0 aliphatic rings. The van der Waals surface area contributed by atoms with Gasteiger partial charge in [-0.2, -0.15) is 0 Å². The van der Waals surface area contributed by atoms with E-state index in [1.165, 1.54) is 31.3 Å². The van der Waals surface area contributed by atoms with E-state index >= 15 is 0 Å². The molecule has 54 heavy (non-hydrogen) atoms. The molecule has 3 heterocycles. The first-order valence-corrected chi connectivity index (χ1v) is 18.8. The summed E-state index contributed by atoms with van der Waals surface area (Å²) in [6, 6.07) is 64.1. The number of thiophene rings is 1. The summed E-state index contributed by atoms with van der Waals surface area (Å²) in [7, 11) is 0. The lowest BCUT2D eigenvalue weighted by Crippen LogP contribution is -2.09. The minimum absolute atomic E-state index is 0.605. The first-order valence-electron chi connectivity index (χ1n) is 18.0. The number of anilines is 3. The van der Waals surface area contributed by atoms with Crippen LogP contribution in [0.25, 0.3) is 86.9 Å². The van der Waals surface area contributed by atoms with Gasteiger partial charge in [-0.1, -0.05) is 103 Å². The van der Waals surface area contributed by atoms with Crippen LogP contribution >= 0.6 is 11.3 Å². The van der Waals surface area contributed by atoms with Crippen LogP contribution < -0.4 is 4.90 Å². The molecular weight excluding hydrogens is 681 g/mol. The van der Waals surface area contributed by atoms with Crippen molar-refractivity contribution in [2.75, 3.05) is 4.90 Å². The average Bonchev–Trinajstić information content (AvgIpc) is 3.94. The fraction of sp³-hybridized carbons (Fsp3) is 0. The van der Waals surface area contributed by atoms with Crippen molar-refractivity contribution >= 4 is 81.6 Å². The predicted molar refractivity (Wildman–Crippen MR) is 225 cm³/mol. The third-order valence-corrected chi connectivity index (χ3v) is 11.5. The van der Waals surface area contributed by atoms with Gasteiger partial charge >= 0.3 is 0 Å². The van der Waals surface area contributed by atoms with Gasteiger partial charge in [-0.15, -0.1) is 11.3 Å². The van der Waals surface area contributed by atoms with Gasteiger partial charge in [0.2, 0.25) is 5.89 Å². The molecule has 0 atom stereocenters. The third-order valence-electron chi connectivity index (χ3n) is 10.3. The van der Waals surface area contributed by atoms with Gasteiger partial charge in [0.05, 0.1) is 0 Å². The number of hydrogen-bond acceptors (Lipinski definition) is 5. The molecule has 3 aromatic heterocycles. The van der Waals surface area contributed by atoms with E-state index in [0.29, 0.717) is 11.5 Å². The normalized spacial score (nSPS) is 11.7. The van der Waals surface area contributed by atoms with Gasteiger partial charge in [0.15, 0.2) is 5.58 Å². The molecule has 0 N–H and O–H groups in total. The van der Waals surface area contributed by atoms with Gasteiger partial charge in [0, 0.05) is 59.6 Å². The second-order valence-corrected chi connectivity index (χ2v) is 14.6. The molecule has 5 heteroatoms. The highest BCUT2D eigenvalue weighted by Gasteiger charge is 2.17. The lowest BCUT2D eigenvalue weighted by Gasteiger charge is -2.26. The number of aromatic nitrogens is 1. The molecule has 4 nitrogen and oxygen atoms in total. The van der Waals surface area contributed by atoms with Crippen molar-refractivity contribution in [3.63, 3.8) is 0 Å². The van der Waals surface area contributed by atoms with E-state index in [1.54, 1.807) is 0 Å². The van der Waals surface area contributed by atoms with Crippen LogP contribution in [-0.2, 0) is 0 Å². The lowest BCUT2D eigenvalue weighted by atomic mass is 10.0. The van der Waals surface area contributed by atoms with Crippen molar-refractivity contribution < 1.29 is 8.83 Å². The Bertz CT molecular complexity index is 3140. The number of oxazole rings is 1. The molecule has 0 saturated heterocycles. The summed E-state index contributed by atoms with van der Waals surface area (Å²) in [5.41, 5.74) is 12.1. The number of nitrogens with zero attached hydrogens (tertiary/aromatic N) is 2. The van der Waals surface area contributed by atoms with Gasteiger partial charge in [-0.05, 0) is 95.1 Å². The molecule has 11 rings (SSSR count). The summed E-state index contributed by atoms with van der Waals surface area (Å²) in [6.45, 7) is 0. The zero-order chi connectivity index (χ0) is 35.6. The molecule has 0 bridgehead atoms. The van der Waals surface area contributed by atoms with Crippen molar-refractivity contribution in [1.82, 2.24) is 4.98 Å². The number of para-hydroxylation sites is 1. The highest BCUT2D eigenvalue weighted by molar-refractivity contribution is 7.26. The number of fused-ring (bicyclic) bond motifs is 7. The van der Waals surface area contributed by atoms with Crippen LogP contribution in [0.3, 0.4) is 0 Å². The summed E-state index contributed by atoms with van der Waals surface area (Å²) in [5.74, 6) is 0.605. The van der Waals surface area contributed by atoms with Gasteiger partial charge in [0.25, 0.3) is 0 Å².